The fraction of sp³-hybridized carbons (Fsp3) is 0.462. The van der Waals surface area contributed by atoms with Crippen LogP contribution in [0.3, 0.4) is 0 Å². The highest BCUT2D eigenvalue weighted by Gasteiger charge is 2.11. The predicted molar refractivity (Wildman–Crippen MR) is 68.4 cm³/mol. The maximum Gasteiger partial charge on any atom is 0.407 e. The maximum atomic E-state index is 12.2. The molecule has 1 rings (SSSR count). The quantitative estimate of drug-likeness (QED) is 0.838. The number of hydrogen-bond acceptors (Lipinski definition) is 4. The van der Waals surface area contributed by atoms with Crippen LogP contribution in [0.15, 0.2) is 18.2 Å². The van der Waals surface area contributed by atoms with Crippen molar-refractivity contribution in [3.05, 3.63) is 23.8 Å². The number of rotatable bonds is 7. The second-order valence-electron chi connectivity index (χ2n) is 3.76. The average molecular weight is 289 g/mol. The number of ether oxygens (including phenoxy) is 3. The second-order valence-corrected chi connectivity index (χ2v) is 3.76. The van der Waals surface area contributed by atoms with Gasteiger partial charge >= 0.3 is 12.7 Å². The molecular formula is C13H17F2NO4. The zero-order valence-electron chi connectivity index (χ0n) is 11.3. The van der Waals surface area contributed by atoms with E-state index in [1.165, 1.54) is 13.2 Å². The van der Waals surface area contributed by atoms with Crippen molar-refractivity contribution in [2.45, 2.75) is 20.0 Å². The molecule has 0 aliphatic rings. The van der Waals surface area contributed by atoms with E-state index in [0.29, 0.717) is 19.6 Å². The van der Waals surface area contributed by atoms with Gasteiger partial charge in [-0.2, -0.15) is 8.78 Å². The van der Waals surface area contributed by atoms with Gasteiger partial charge in [-0.3, -0.25) is 0 Å². The summed E-state index contributed by atoms with van der Waals surface area (Å²) in [7, 11) is 1.37. The van der Waals surface area contributed by atoms with Gasteiger partial charge in [-0.1, -0.05) is 6.07 Å². The third kappa shape index (κ3) is 5.29. The minimum absolute atomic E-state index is 0.0235. The number of methoxy groups -OCH3 is 1. The van der Waals surface area contributed by atoms with Gasteiger partial charge in [0.15, 0.2) is 11.5 Å². The number of carbonyl (C=O) groups is 1. The highest BCUT2D eigenvalue weighted by molar-refractivity contribution is 5.67. The first-order chi connectivity index (χ1) is 9.56. The molecule has 1 aromatic rings. The topological polar surface area (TPSA) is 56.8 Å². The minimum Gasteiger partial charge on any atom is -0.493 e. The maximum absolute atomic E-state index is 12.2. The molecule has 0 fully saturated rings. The summed E-state index contributed by atoms with van der Waals surface area (Å²) in [6.45, 7) is -0.511. The molecule has 7 heteroatoms. The Hall–Kier alpha value is -2.05. The molecule has 112 valence electrons. The Labute approximate surface area is 115 Å². The molecule has 0 aliphatic heterocycles. The van der Waals surface area contributed by atoms with Crippen molar-refractivity contribution in [2.24, 2.45) is 0 Å². The van der Waals surface area contributed by atoms with Gasteiger partial charge in [0.1, 0.15) is 0 Å². The van der Waals surface area contributed by atoms with E-state index >= 15 is 0 Å². The summed E-state index contributed by atoms with van der Waals surface area (Å²) in [6, 6.07) is 4.63. The number of alkyl halides is 2. The summed E-state index contributed by atoms with van der Waals surface area (Å²) < 4.78 is 38.3. The van der Waals surface area contributed by atoms with E-state index in [1.807, 2.05) is 0 Å². The van der Waals surface area contributed by atoms with Gasteiger partial charge < -0.3 is 19.5 Å². The van der Waals surface area contributed by atoms with Crippen LogP contribution in [0.1, 0.15) is 12.5 Å². The van der Waals surface area contributed by atoms with Gasteiger partial charge in [0, 0.05) is 6.54 Å². The highest BCUT2D eigenvalue weighted by Crippen LogP contribution is 2.29. The molecule has 0 spiro atoms. The molecule has 0 aromatic heterocycles. The van der Waals surface area contributed by atoms with Crippen LogP contribution >= 0.6 is 0 Å². The Bertz CT molecular complexity index is 440. The summed E-state index contributed by atoms with van der Waals surface area (Å²) in [5.41, 5.74) is 0.820. The number of carbonyl (C=O) groups excluding carboxylic acids is 1. The van der Waals surface area contributed by atoms with Crippen LogP contribution in [0.25, 0.3) is 0 Å². The van der Waals surface area contributed by atoms with E-state index in [1.54, 1.807) is 19.1 Å². The van der Waals surface area contributed by atoms with Crippen LogP contribution < -0.4 is 14.8 Å². The Morgan fingerprint density at radius 1 is 1.35 bits per heavy atom. The lowest BCUT2D eigenvalue weighted by atomic mass is 10.1. The molecule has 0 atom stereocenters. The van der Waals surface area contributed by atoms with Crippen LogP contribution in [0.5, 0.6) is 11.5 Å². The fourth-order valence-electron chi connectivity index (χ4n) is 1.55. The summed E-state index contributed by atoms with van der Waals surface area (Å²) >= 11 is 0. The normalized spacial score (nSPS) is 10.2. The first-order valence-corrected chi connectivity index (χ1v) is 6.09. The molecule has 0 radical (unpaired) electrons. The monoisotopic (exact) mass is 289 g/mol. The van der Waals surface area contributed by atoms with Crippen molar-refractivity contribution in [2.75, 3.05) is 20.3 Å². The second kappa shape index (κ2) is 8.19. The molecular weight excluding hydrogens is 272 g/mol. The molecule has 1 N–H and O–H groups in total. The predicted octanol–water partition coefficient (Wildman–Crippen LogP) is 2.59. The fourth-order valence-corrected chi connectivity index (χ4v) is 1.55. The van der Waals surface area contributed by atoms with Crippen LogP contribution in [0.4, 0.5) is 13.6 Å². The smallest absolute Gasteiger partial charge is 0.407 e. The summed E-state index contributed by atoms with van der Waals surface area (Å²) in [4.78, 5) is 11.1. The molecule has 20 heavy (non-hydrogen) atoms. The van der Waals surface area contributed by atoms with Crippen LogP contribution in [0, 0.1) is 0 Å². The Balaban J connectivity index is 2.57. The van der Waals surface area contributed by atoms with Crippen molar-refractivity contribution >= 4 is 6.09 Å². The van der Waals surface area contributed by atoms with Crippen molar-refractivity contribution in [1.82, 2.24) is 5.32 Å². The van der Waals surface area contributed by atoms with Crippen molar-refractivity contribution < 1.29 is 27.8 Å². The lowest BCUT2D eigenvalue weighted by molar-refractivity contribution is -0.0512. The molecule has 0 saturated carbocycles. The highest BCUT2D eigenvalue weighted by atomic mass is 19.3. The number of halogens is 2. The van der Waals surface area contributed by atoms with Crippen LogP contribution in [-0.4, -0.2) is 33.0 Å². The van der Waals surface area contributed by atoms with Crippen molar-refractivity contribution in [1.29, 1.82) is 0 Å². The zero-order valence-corrected chi connectivity index (χ0v) is 11.3. The van der Waals surface area contributed by atoms with Gasteiger partial charge in [0.05, 0.1) is 13.7 Å². The van der Waals surface area contributed by atoms with E-state index in [2.05, 4.69) is 10.1 Å². The SMILES string of the molecule is CCOC(=O)NCCc1ccc(OC(F)F)c(OC)c1. The average Bonchev–Trinajstić information content (AvgIpc) is 2.40. The lowest BCUT2D eigenvalue weighted by Crippen LogP contribution is -2.26. The molecule has 0 heterocycles. The first kappa shape index (κ1) is 16.0. The molecule has 0 bridgehead atoms. The van der Waals surface area contributed by atoms with E-state index in [-0.39, 0.29) is 11.5 Å². The van der Waals surface area contributed by atoms with Crippen molar-refractivity contribution in [3.63, 3.8) is 0 Å². The third-order valence-corrected chi connectivity index (χ3v) is 2.40. The van der Waals surface area contributed by atoms with Gasteiger partial charge in [-0.15, -0.1) is 0 Å². The molecule has 1 amide bonds. The molecule has 5 nitrogen and oxygen atoms in total. The Morgan fingerprint density at radius 2 is 2.10 bits per heavy atom. The molecule has 0 saturated heterocycles. The van der Waals surface area contributed by atoms with Crippen molar-refractivity contribution in [3.8, 4) is 11.5 Å². The zero-order chi connectivity index (χ0) is 15.0. The lowest BCUT2D eigenvalue weighted by Gasteiger charge is -2.11. The summed E-state index contributed by atoms with van der Waals surface area (Å²) in [6.07, 6.45) is 0.0292. The van der Waals surface area contributed by atoms with Gasteiger partial charge in [-0.05, 0) is 31.0 Å². The minimum atomic E-state index is -2.90. The van der Waals surface area contributed by atoms with Crippen LogP contribution in [0.2, 0.25) is 0 Å². The van der Waals surface area contributed by atoms with E-state index in [0.717, 1.165) is 5.56 Å². The van der Waals surface area contributed by atoms with Gasteiger partial charge in [0.2, 0.25) is 0 Å². The Kier molecular flexibility index (Phi) is 6.55. The van der Waals surface area contributed by atoms with E-state index < -0.39 is 12.7 Å². The molecule has 1 aromatic carbocycles. The van der Waals surface area contributed by atoms with Gasteiger partial charge in [0.25, 0.3) is 0 Å². The number of amides is 1. The Morgan fingerprint density at radius 3 is 2.70 bits per heavy atom. The third-order valence-electron chi connectivity index (χ3n) is 2.40. The molecule has 0 unspecified atom stereocenters. The van der Waals surface area contributed by atoms with E-state index in [4.69, 9.17) is 9.47 Å². The largest absolute Gasteiger partial charge is 0.493 e. The number of hydrogen-bond donors (Lipinski definition) is 1. The van der Waals surface area contributed by atoms with Crippen LogP contribution in [-0.2, 0) is 11.2 Å². The first-order valence-electron chi connectivity index (χ1n) is 6.09. The summed E-state index contributed by atoms with van der Waals surface area (Å²) in [5, 5.41) is 2.56. The summed E-state index contributed by atoms with van der Waals surface area (Å²) in [5.74, 6) is 0.198. The number of nitrogens with one attached hydrogen (secondary N) is 1. The molecule has 0 aliphatic carbocycles. The number of benzene rings is 1. The van der Waals surface area contributed by atoms with Gasteiger partial charge in [-0.25, -0.2) is 4.79 Å². The van der Waals surface area contributed by atoms with E-state index in [9.17, 15) is 13.6 Å². The standard InChI is InChI=1S/C13H17F2NO4/c1-3-19-13(17)16-7-6-9-4-5-10(20-12(14)15)11(8-9)18-2/h4-5,8,12H,3,6-7H2,1-2H3,(H,16,17). The number of alkyl carbamates (subject to hydrolysis) is 1.